The van der Waals surface area contributed by atoms with E-state index in [1.165, 1.54) is 12.7 Å². The number of hydrogen-bond donors (Lipinski definition) is 2. The van der Waals surface area contributed by atoms with Gasteiger partial charge < -0.3 is 29.4 Å². The number of esters is 1. The Hall–Kier alpha value is -2.32. The molecule has 3 unspecified atom stereocenters. The third-order valence-electron chi connectivity index (χ3n) is 8.09. The van der Waals surface area contributed by atoms with Gasteiger partial charge in [0, 0.05) is 32.6 Å². The zero-order valence-electron chi connectivity index (χ0n) is 27.1. The van der Waals surface area contributed by atoms with Crippen molar-refractivity contribution in [3.63, 3.8) is 0 Å². The Morgan fingerprint density at radius 1 is 1.00 bits per heavy atom. The van der Waals surface area contributed by atoms with Crippen LogP contribution in [-0.4, -0.2) is 64.2 Å². The van der Waals surface area contributed by atoms with E-state index in [4.69, 9.17) is 18.9 Å². The number of aliphatic hydroxyl groups excluding tert-OH is 1. The molecule has 8 nitrogen and oxygen atoms in total. The van der Waals surface area contributed by atoms with Crippen LogP contribution < -0.4 is 14.8 Å². The largest absolute Gasteiger partial charge is 0.493 e. The Balaban J connectivity index is 2.80. The first-order chi connectivity index (χ1) is 19.4. The highest BCUT2D eigenvalue weighted by atomic mass is 16.5. The summed E-state index contributed by atoms with van der Waals surface area (Å²) < 4.78 is 21.5. The summed E-state index contributed by atoms with van der Waals surface area (Å²) in [5.74, 6) is 1.51. The van der Waals surface area contributed by atoms with E-state index in [1.807, 2.05) is 33.8 Å². The zero-order chi connectivity index (χ0) is 31.0. The smallest absolute Gasteiger partial charge is 0.313 e. The maximum absolute atomic E-state index is 13.2. The van der Waals surface area contributed by atoms with Crippen molar-refractivity contribution in [2.24, 2.45) is 29.1 Å². The molecule has 1 aromatic carbocycles. The van der Waals surface area contributed by atoms with Crippen molar-refractivity contribution in [1.82, 2.24) is 5.32 Å². The molecular weight excluding hydrogens is 522 g/mol. The second-order valence-electron chi connectivity index (χ2n) is 12.2. The Bertz CT molecular complexity index is 904. The lowest BCUT2D eigenvalue weighted by atomic mass is 9.82. The standard InChI is InChI=1S/C33H57NO7/c1-10-16-33(6,32(37)40-9)22-34-31(36)28(24(4)5)21-27(35)14-13-26(23(2)3)19-25-12-15-29(39-8)30(20-25)41-18-11-17-38-7/h12,15,20,23-24,26-28,35H,10-11,13-14,16-19,21-22H2,1-9H3,(H,34,36)/t26?,27-,28?,33?/m1/s1. The van der Waals surface area contributed by atoms with E-state index in [0.717, 1.165) is 31.4 Å². The quantitative estimate of drug-likeness (QED) is 0.140. The van der Waals surface area contributed by atoms with Crippen LogP contribution >= 0.6 is 0 Å². The van der Waals surface area contributed by atoms with Crippen LogP contribution in [-0.2, 0) is 25.5 Å². The van der Waals surface area contributed by atoms with Crippen molar-refractivity contribution in [1.29, 1.82) is 0 Å². The van der Waals surface area contributed by atoms with E-state index >= 15 is 0 Å². The molecule has 0 heterocycles. The molecule has 0 aliphatic rings. The molecule has 0 aliphatic heterocycles. The molecule has 4 atom stereocenters. The molecule has 0 aliphatic carbocycles. The van der Waals surface area contributed by atoms with Crippen molar-refractivity contribution in [2.75, 3.05) is 41.1 Å². The Morgan fingerprint density at radius 3 is 2.27 bits per heavy atom. The summed E-state index contributed by atoms with van der Waals surface area (Å²) in [6.07, 6.45) is 4.36. The predicted octanol–water partition coefficient (Wildman–Crippen LogP) is 5.82. The van der Waals surface area contributed by atoms with Gasteiger partial charge >= 0.3 is 5.97 Å². The van der Waals surface area contributed by atoms with E-state index in [0.29, 0.717) is 50.1 Å². The van der Waals surface area contributed by atoms with Gasteiger partial charge in [0.25, 0.3) is 0 Å². The van der Waals surface area contributed by atoms with Crippen LogP contribution in [0.25, 0.3) is 0 Å². The fourth-order valence-electron chi connectivity index (χ4n) is 5.29. The minimum absolute atomic E-state index is 0.0581. The molecule has 0 radical (unpaired) electrons. The number of rotatable bonds is 21. The Morgan fingerprint density at radius 2 is 1.71 bits per heavy atom. The summed E-state index contributed by atoms with van der Waals surface area (Å²) >= 11 is 0. The maximum Gasteiger partial charge on any atom is 0.313 e. The Kier molecular flexibility index (Phi) is 17.0. The molecule has 41 heavy (non-hydrogen) atoms. The van der Waals surface area contributed by atoms with Crippen molar-refractivity contribution in [2.45, 2.75) is 92.6 Å². The average molecular weight is 580 g/mol. The highest BCUT2D eigenvalue weighted by Gasteiger charge is 2.35. The lowest BCUT2D eigenvalue weighted by Crippen LogP contribution is -2.45. The van der Waals surface area contributed by atoms with Crippen LogP contribution in [0.2, 0.25) is 0 Å². The summed E-state index contributed by atoms with van der Waals surface area (Å²) in [6.45, 7) is 13.7. The number of amides is 1. The lowest BCUT2D eigenvalue weighted by Gasteiger charge is -2.29. The topological polar surface area (TPSA) is 103 Å². The molecule has 0 saturated heterocycles. The molecule has 0 bridgehead atoms. The number of aliphatic hydroxyl groups is 1. The normalized spacial score (nSPS) is 15.2. The molecule has 1 rings (SSSR count). The van der Waals surface area contributed by atoms with Crippen LogP contribution in [0, 0.1) is 29.1 Å². The lowest BCUT2D eigenvalue weighted by molar-refractivity contribution is -0.152. The molecule has 1 aromatic rings. The second-order valence-corrected chi connectivity index (χ2v) is 12.2. The fourth-order valence-corrected chi connectivity index (χ4v) is 5.29. The maximum atomic E-state index is 13.2. The molecule has 0 spiro atoms. The van der Waals surface area contributed by atoms with Crippen LogP contribution in [0.3, 0.4) is 0 Å². The van der Waals surface area contributed by atoms with E-state index in [9.17, 15) is 14.7 Å². The third-order valence-corrected chi connectivity index (χ3v) is 8.09. The average Bonchev–Trinajstić information content (AvgIpc) is 2.94. The SMILES string of the molecule is CCCC(C)(CNC(=O)C(C[C@H](O)CCC(Cc1ccc(OC)c(OCCCOC)c1)C(C)C)C(C)C)C(=O)OC. The third kappa shape index (κ3) is 12.6. The molecule has 0 aromatic heterocycles. The minimum Gasteiger partial charge on any atom is -0.493 e. The predicted molar refractivity (Wildman–Crippen MR) is 163 cm³/mol. The molecule has 1 amide bonds. The number of benzene rings is 1. The first-order valence-corrected chi connectivity index (χ1v) is 15.2. The molecule has 8 heteroatoms. The van der Waals surface area contributed by atoms with Gasteiger partial charge in [0.05, 0.1) is 32.3 Å². The van der Waals surface area contributed by atoms with Gasteiger partial charge in [0.1, 0.15) is 0 Å². The van der Waals surface area contributed by atoms with Gasteiger partial charge in [-0.3, -0.25) is 9.59 Å². The van der Waals surface area contributed by atoms with Crippen LogP contribution in [0.5, 0.6) is 11.5 Å². The molecule has 236 valence electrons. The van der Waals surface area contributed by atoms with Crippen molar-refractivity contribution in [3.8, 4) is 11.5 Å². The second kappa shape index (κ2) is 19.0. The van der Waals surface area contributed by atoms with Crippen LogP contribution in [0.15, 0.2) is 18.2 Å². The van der Waals surface area contributed by atoms with E-state index in [2.05, 4.69) is 31.3 Å². The first kappa shape index (κ1) is 36.7. The van der Waals surface area contributed by atoms with Gasteiger partial charge in [-0.25, -0.2) is 0 Å². The zero-order valence-corrected chi connectivity index (χ0v) is 27.1. The van der Waals surface area contributed by atoms with Crippen molar-refractivity contribution >= 4 is 11.9 Å². The number of nitrogens with one attached hydrogen (secondary N) is 1. The van der Waals surface area contributed by atoms with Crippen molar-refractivity contribution < 1.29 is 33.6 Å². The summed E-state index contributed by atoms with van der Waals surface area (Å²) in [7, 11) is 4.70. The molecule has 2 N–H and O–H groups in total. The number of ether oxygens (including phenoxy) is 4. The van der Waals surface area contributed by atoms with Gasteiger partial charge in [-0.05, 0) is 74.5 Å². The van der Waals surface area contributed by atoms with Gasteiger partial charge in [0.15, 0.2) is 11.5 Å². The number of hydrogen-bond acceptors (Lipinski definition) is 7. The molecule has 0 saturated carbocycles. The highest BCUT2D eigenvalue weighted by Crippen LogP contribution is 2.32. The summed E-state index contributed by atoms with van der Waals surface area (Å²) in [6, 6.07) is 6.08. The Labute approximate surface area is 248 Å². The number of carbonyl (C=O) groups is 2. The number of carbonyl (C=O) groups excluding carboxylic acids is 2. The van der Waals surface area contributed by atoms with Crippen molar-refractivity contribution in [3.05, 3.63) is 23.8 Å². The van der Waals surface area contributed by atoms with Gasteiger partial charge in [-0.1, -0.05) is 47.1 Å². The van der Waals surface area contributed by atoms with Gasteiger partial charge in [-0.2, -0.15) is 0 Å². The molecular formula is C33H57NO7. The summed E-state index contributed by atoms with van der Waals surface area (Å²) in [5, 5.41) is 14.0. The molecule has 0 fully saturated rings. The summed E-state index contributed by atoms with van der Waals surface area (Å²) in [5.41, 5.74) is 0.404. The van der Waals surface area contributed by atoms with Gasteiger partial charge in [-0.15, -0.1) is 0 Å². The van der Waals surface area contributed by atoms with E-state index in [1.54, 1.807) is 14.2 Å². The number of methoxy groups -OCH3 is 3. The first-order valence-electron chi connectivity index (χ1n) is 15.2. The van der Waals surface area contributed by atoms with E-state index in [-0.39, 0.29) is 30.3 Å². The highest BCUT2D eigenvalue weighted by molar-refractivity contribution is 5.81. The van der Waals surface area contributed by atoms with E-state index < -0.39 is 11.5 Å². The summed E-state index contributed by atoms with van der Waals surface area (Å²) in [4.78, 5) is 25.5. The van der Waals surface area contributed by atoms with Crippen LogP contribution in [0.1, 0.15) is 85.6 Å². The fraction of sp³-hybridized carbons (Fsp3) is 0.758. The van der Waals surface area contributed by atoms with Crippen LogP contribution in [0.4, 0.5) is 0 Å². The van der Waals surface area contributed by atoms with Gasteiger partial charge in [0.2, 0.25) is 5.91 Å². The monoisotopic (exact) mass is 579 g/mol. The minimum atomic E-state index is -0.764.